The van der Waals surface area contributed by atoms with E-state index in [9.17, 15) is 4.79 Å². The third-order valence-corrected chi connectivity index (χ3v) is 5.22. The van der Waals surface area contributed by atoms with E-state index in [-0.39, 0.29) is 18.0 Å². The van der Waals surface area contributed by atoms with Crippen molar-refractivity contribution in [2.24, 2.45) is 5.92 Å². The average molecular weight is 325 g/mol. The van der Waals surface area contributed by atoms with E-state index in [2.05, 4.69) is 13.8 Å². The molecule has 0 aliphatic heterocycles. The highest BCUT2D eigenvalue weighted by molar-refractivity contribution is 5.72. The summed E-state index contributed by atoms with van der Waals surface area (Å²) in [4.78, 5) is 12.1. The fourth-order valence-corrected chi connectivity index (χ4v) is 3.61. The van der Waals surface area contributed by atoms with Crippen molar-refractivity contribution in [1.29, 1.82) is 0 Å². The maximum atomic E-state index is 12.1. The van der Waals surface area contributed by atoms with Gasteiger partial charge in [0.15, 0.2) is 0 Å². The molecule has 0 aromatic carbocycles. The molecule has 1 aliphatic carbocycles. The van der Waals surface area contributed by atoms with Gasteiger partial charge in [-0.1, -0.05) is 84.0 Å². The highest BCUT2D eigenvalue weighted by Crippen LogP contribution is 2.25. The first-order valence-electron chi connectivity index (χ1n) is 10.4. The summed E-state index contributed by atoms with van der Waals surface area (Å²) in [6, 6.07) is 0. The molecule has 0 spiro atoms. The van der Waals surface area contributed by atoms with Crippen molar-refractivity contribution in [2.45, 2.75) is 123 Å². The van der Waals surface area contributed by atoms with Crippen LogP contribution in [0.2, 0.25) is 0 Å². The highest BCUT2D eigenvalue weighted by atomic mass is 16.5. The second-order valence-electron chi connectivity index (χ2n) is 7.55. The molecule has 0 aromatic heterocycles. The van der Waals surface area contributed by atoms with E-state index < -0.39 is 0 Å². The van der Waals surface area contributed by atoms with Gasteiger partial charge in [0.05, 0.1) is 12.0 Å². The zero-order chi connectivity index (χ0) is 16.8. The number of carbonyl (C=O) groups is 1. The van der Waals surface area contributed by atoms with Crippen LogP contribution in [0.1, 0.15) is 117 Å². The lowest BCUT2D eigenvalue weighted by atomic mass is 9.89. The predicted molar refractivity (Wildman–Crippen MR) is 98.6 cm³/mol. The van der Waals surface area contributed by atoms with Crippen molar-refractivity contribution in [2.75, 3.05) is 0 Å². The first kappa shape index (κ1) is 20.5. The standard InChI is InChI=1S/C21H40O2/c1-3-4-5-6-7-8-9-10-11-13-16-19(2)23-21(22)20-17-14-12-15-18-20/h19-20H,3-18H2,1-2H3. The molecule has 0 N–H and O–H groups in total. The van der Waals surface area contributed by atoms with Crippen LogP contribution in [-0.2, 0) is 9.53 Å². The Hall–Kier alpha value is -0.530. The lowest BCUT2D eigenvalue weighted by Gasteiger charge is -2.22. The van der Waals surface area contributed by atoms with Crippen LogP contribution in [0.25, 0.3) is 0 Å². The normalized spacial score (nSPS) is 17.1. The second kappa shape index (κ2) is 13.9. The molecule has 0 heterocycles. The van der Waals surface area contributed by atoms with Gasteiger partial charge in [-0.05, 0) is 32.6 Å². The number of hydrogen-bond acceptors (Lipinski definition) is 2. The Morgan fingerprint density at radius 3 is 1.96 bits per heavy atom. The number of rotatable bonds is 13. The van der Waals surface area contributed by atoms with Crippen LogP contribution in [0, 0.1) is 5.92 Å². The van der Waals surface area contributed by atoms with Gasteiger partial charge in [0.2, 0.25) is 0 Å². The summed E-state index contributed by atoms with van der Waals surface area (Å²) in [5, 5.41) is 0. The number of unbranched alkanes of at least 4 members (excludes halogenated alkanes) is 9. The Morgan fingerprint density at radius 2 is 1.39 bits per heavy atom. The van der Waals surface area contributed by atoms with Gasteiger partial charge in [-0.15, -0.1) is 0 Å². The molecule has 0 amide bonds. The summed E-state index contributed by atoms with van der Waals surface area (Å²) in [5.74, 6) is 0.267. The molecule has 0 bridgehead atoms. The van der Waals surface area contributed by atoms with Crippen molar-refractivity contribution >= 4 is 5.97 Å². The van der Waals surface area contributed by atoms with Crippen molar-refractivity contribution in [3.63, 3.8) is 0 Å². The van der Waals surface area contributed by atoms with Crippen molar-refractivity contribution in [3.8, 4) is 0 Å². The van der Waals surface area contributed by atoms with E-state index >= 15 is 0 Å². The Bertz CT molecular complexity index is 282. The third kappa shape index (κ3) is 10.8. The van der Waals surface area contributed by atoms with Crippen LogP contribution < -0.4 is 0 Å². The van der Waals surface area contributed by atoms with E-state index in [4.69, 9.17) is 4.74 Å². The summed E-state index contributed by atoms with van der Waals surface area (Å²) < 4.78 is 5.63. The lowest BCUT2D eigenvalue weighted by Crippen LogP contribution is -2.24. The third-order valence-electron chi connectivity index (χ3n) is 5.22. The molecule has 2 nitrogen and oxygen atoms in total. The minimum Gasteiger partial charge on any atom is -0.462 e. The van der Waals surface area contributed by atoms with Crippen LogP contribution in [0.4, 0.5) is 0 Å². The van der Waals surface area contributed by atoms with Gasteiger partial charge in [0, 0.05) is 0 Å². The van der Waals surface area contributed by atoms with Gasteiger partial charge >= 0.3 is 5.97 Å². The quantitative estimate of drug-likeness (QED) is 0.275. The molecule has 23 heavy (non-hydrogen) atoms. The molecule has 1 fully saturated rings. The van der Waals surface area contributed by atoms with Crippen molar-refractivity contribution in [1.82, 2.24) is 0 Å². The number of carbonyl (C=O) groups excluding carboxylic acids is 1. The minimum atomic E-state index is 0.0734. The molecule has 0 radical (unpaired) electrons. The van der Waals surface area contributed by atoms with Crippen LogP contribution in [0.3, 0.4) is 0 Å². The fraction of sp³-hybridized carbons (Fsp3) is 0.952. The molecule has 1 rings (SSSR count). The predicted octanol–water partition coefficient (Wildman–Crippen LogP) is 6.81. The van der Waals surface area contributed by atoms with Gasteiger partial charge in [0.1, 0.15) is 0 Å². The van der Waals surface area contributed by atoms with E-state index in [0.29, 0.717) is 0 Å². The highest BCUT2D eigenvalue weighted by Gasteiger charge is 2.23. The molecule has 136 valence electrons. The number of hydrogen-bond donors (Lipinski definition) is 0. The van der Waals surface area contributed by atoms with E-state index in [0.717, 1.165) is 19.3 Å². The summed E-state index contributed by atoms with van der Waals surface area (Å²) in [6.07, 6.45) is 20.5. The van der Waals surface area contributed by atoms with Crippen molar-refractivity contribution in [3.05, 3.63) is 0 Å². The van der Waals surface area contributed by atoms with E-state index in [1.165, 1.54) is 83.5 Å². The molecule has 2 heteroatoms. The van der Waals surface area contributed by atoms with Crippen LogP contribution in [0.5, 0.6) is 0 Å². The Labute approximate surface area is 144 Å². The smallest absolute Gasteiger partial charge is 0.309 e. The Kier molecular flexibility index (Phi) is 12.4. The largest absolute Gasteiger partial charge is 0.462 e. The second-order valence-corrected chi connectivity index (χ2v) is 7.55. The first-order chi connectivity index (χ1) is 11.2. The molecule has 1 unspecified atom stereocenters. The molecule has 0 saturated heterocycles. The minimum absolute atomic E-state index is 0.0734. The van der Waals surface area contributed by atoms with Crippen LogP contribution in [-0.4, -0.2) is 12.1 Å². The van der Waals surface area contributed by atoms with E-state index in [1.54, 1.807) is 0 Å². The summed E-state index contributed by atoms with van der Waals surface area (Å²) in [6.45, 7) is 4.34. The van der Waals surface area contributed by atoms with Gasteiger partial charge < -0.3 is 4.74 Å². The molecular weight excluding hydrogens is 284 g/mol. The SMILES string of the molecule is CCCCCCCCCCCCC(C)OC(=O)C1CCCCC1. The molecule has 1 aliphatic rings. The van der Waals surface area contributed by atoms with Gasteiger partial charge in [0.25, 0.3) is 0 Å². The number of esters is 1. The topological polar surface area (TPSA) is 26.3 Å². The monoisotopic (exact) mass is 324 g/mol. The maximum Gasteiger partial charge on any atom is 0.309 e. The molecule has 1 atom stereocenters. The molecular formula is C21H40O2. The van der Waals surface area contributed by atoms with Gasteiger partial charge in [-0.2, -0.15) is 0 Å². The van der Waals surface area contributed by atoms with Crippen molar-refractivity contribution < 1.29 is 9.53 Å². The van der Waals surface area contributed by atoms with Crippen LogP contribution in [0.15, 0.2) is 0 Å². The zero-order valence-electron chi connectivity index (χ0n) is 15.8. The summed E-state index contributed by atoms with van der Waals surface area (Å²) in [5.41, 5.74) is 0. The lowest BCUT2D eigenvalue weighted by molar-refractivity contribution is -0.154. The van der Waals surface area contributed by atoms with Gasteiger partial charge in [-0.3, -0.25) is 4.79 Å². The zero-order valence-corrected chi connectivity index (χ0v) is 15.8. The fourth-order valence-electron chi connectivity index (χ4n) is 3.61. The maximum absolute atomic E-state index is 12.1. The van der Waals surface area contributed by atoms with E-state index in [1.807, 2.05) is 0 Å². The summed E-state index contributed by atoms with van der Waals surface area (Å²) >= 11 is 0. The average Bonchev–Trinajstić information content (AvgIpc) is 2.57. The Morgan fingerprint density at radius 1 is 0.870 bits per heavy atom. The van der Waals surface area contributed by atoms with Crippen LogP contribution >= 0.6 is 0 Å². The number of ether oxygens (including phenoxy) is 1. The Balaban J connectivity index is 1.89. The van der Waals surface area contributed by atoms with Gasteiger partial charge in [-0.25, -0.2) is 0 Å². The molecule has 1 saturated carbocycles. The summed E-state index contributed by atoms with van der Waals surface area (Å²) in [7, 11) is 0. The first-order valence-corrected chi connectivity index (χ1v) is 10.4. The molecule has 0 aromatic rings.